The molecule has 0 aliphatic carbocycles. The second-order valence-electron chi connectivity index (χ2n) is 7.48. The van der Waals surface area contributed by atoms with Crippen molar-refractivity contribution in [2.24, 2.45) is 0 Å². The summed E-state index contributed by atoms with van der Waals surface area (Å²) in [5, 5.41) is 2.82. The first-order valence-electron chi connectivity index (χ1n) is 9.64. The summed E-state index contributed by atoms with van der Waals surface area (Å²) >= 11 is 0. The minimum atomic E-state index is -0.320. The van der Waals surface area contributed by atoms with E-state index in [1.807, 2.05) is 46.7 Å². The minimum absolute atomic E-state index is 0.0463. The number of anilines is 1. The molecule has 3 amide bonds. The van der Waals surface area contributed by atoms with Crippen LogP contribution in [0.4, 0.5) is 10.6 Å². The van der Waals surface area contributed by atoms with Crippen LogP contribution in [-0.2, 0) is 0 Å². The smallest absolute Gasteiger partial charge is 0.320 e. The standard InChI is InChI=1S/C21H24N6O2/c1-14-9-10-17(22-13-14)23-20(28)18-15-7-4-5-11-26(15)19(24-18)16-8-6-12-27(16)21(29)25(2)3/h4-5,7,9-11,13,16H,6,8,12H2,1-3H3,(H,22,23,28). The number of hydrogen-bond acceptors (Lipinski definition) is 4. The van der Waals surface area contributed by atoms with Crippen molar-refractivity contribution in [1.29, 1.82) is 0 Å². The lowest BCUT2D eigenvalue weighted by Crippen LogP contribution is -2.39. The summed E-state index contributed by atoms with van der Waals surface area (Å²) in [5.41, 5.74) is 2.05. The van der Waals surface area contributed by atoms with E-state index in [9.17, 15) is 9.59 Å². The number of likely N-dealkylation sites (tertiary alicyclic amines) is 1. The van der Waals surface area contributed by atoms with Crippen molar-refractivity contribution in [2.75, 3.05) is 26.0 Å². The predicted octanol–water partition coefficient (Wildman–Crippen LogP) is 3.11. The Morgan fingerprint density at radius 2 is 2.03 bits per heavy atom. The molecule has 8 heteroatoms. The summed E-state index contributed by atoms with van der Waals surface area (Å²) in [7, 11) is 3.49. The Labute approximate surface area is 169 Å². The Morgan fingerprint density at radius 3 is 2.76 bits per heavy atom. The van der Waals surface area contributed by atoms with Gasteiger partial charge >= 0.3 is 6.03 Å². The molecule has 3 aromatic rings. The maximum atomic E-state index is 12.9. The molecule has 1 saturated heterocycles. The highest BCUT2D eigenvalue weighted by Gasteiger charge is 2.35. The molecule has 1 aliphatic heterocycles. The normalized spacial score (nSPS) is 16.2. The number of hydrogen-bond donors (Lipinski definition) is 1. The summed E-state index contributed by atoms with van der Waals surface area (Å²) in [6.45, 7) is 2.62. The number of imidazole rings is 1. The molecule has 1 N–H and O–H groups in total. The predicted molar refractivity (Wildman–Crippen MR) is 110 cm³/mol. The summed E-state index contributed by atoms with van der Waals surface area (Å²) in [6, 6.07) is 9.08. The summed E-state index contributed by atoms with van der Waals surface area (Å²) in [5.74, 6) is 0.861. The molecule has 0 spiro atoms. The first-order chi connectivity index (χ1) is 14.0. The average molecular weight is 392 g/mol. The van der Waals surface area contributed by atoms with E-state index in [1.165, 1.54) is 0 Å². The Kier molecular flexibility index (Phi) is 4.92. The van der Waals surface area contributed by atoms with Gasteiger partial charge in [0.15, 0.2) is 5.69 Å². The van der Waals surface area contributed by atoms with Crippen molar-refractivity contribution in [1.82, 2.24) is 24.2 Å². The molecule has 3 aromatic heterocycles. The quantitative estimate of drug-likeness (QED) is 0.742. The van der Waals surface area contributed by atoms with E-state index in [-0.39, 0.29) is 18.0 Å². The summed E-state index contributed by atoms with van der Waals surface area (Å²) in [6.07, 6.45) is 5.31. The van der Waals surface area contributed by atoms with Gasteiger partial charge in [-0.05, 0) is 43.5 Å². The second-order valence-corrected chi connectivity index (χ2v) is 7.48. The zero-order valence-corrected chi connectivity index (χ0v) is 16.8. The van der Waals surface area contributed by atoms with Gasteiger partial charge in [0.2, 0.25) is 0 Å². The number of aromatic nitrogens is 3. The molecule has 8 nitrogen and oxygen atoms in total. The number of nitrogens with zero attached hydrogens (tertiary/aromatic N) is 5. The van der Waals surface area contributed by atoms with Gasteiger partial charge in [0.25, 0.3) is 5.91 Å². The number of pyridine rings is 2. The molecule has 4 rings (SSSR count). The fourth-order valence-electron chi connectivity index (χ4n) is 3.70. The highest BCUT2D eigenvalue weighted by Crippen LogP contribution is 2.33. The number of aryl methyl sites for hydroxylation is 1. The number of amides is 3. The Morgan fingerprint density at radius 1 is 1.21 bits per heavy atom. The van der Waals surface area contributed by atoms with Crippen LogP contribution in [0, 0.1) is 6.92 Å². The average Bonchev–Trinajstić information content (AvgIpc) is 3.33. The topological polar surface area (TPSA) is 82.8 Å². The molecule has 0 aromatic carbocycles. The van der Waals surface area contributed by atoms with Gasteiger partial charge in [-0.3, -0.25) is 4.79 Å². The van der Waals surface area contributed by atoms with E-state index in [0.29, 0.717) is 29.4 Å². The van der Waals surface area contributed by atoms with Crippen LogP contribution in [-0.4, -0.2) is 56.7 Å². The molecule has 1 unspecified atom stereocenters. The largest absolute Gasteiger partial charge is 0.331 e. The van der Waals surface area contributed by atoms with E-state index in [1.54, 1.807) is 31.3 Å². The van der Waals surface area contributed by atoms with Crippen LogP contribution >= 0.6 is 0 Å². The third-order valence-corrected chi connectivity index (χ3v) is 5.12. The van der Waals surface area contributed by atoms with Gasteiger partial charge < -0.3 is 19.5 Å². The summed E-state index contributed by atoms with van der Waals surface area (Å²) < 4.78 is 1.91. The summed E-state index contributed by atoms with van der Waals surface area (Å²) in [4.78, 5) is 37.9. The second kappa shape index (κ2) is 7.54. The molecule has 0 saturated carbocycles. The van der Waals surface area contributed by atoms with Gasteiger partial charge in [-0.1, -0.05) is 12.1 Å². The molecule has 0 radical (unpaired) electrons. The first kappa shape index (κ1) is 18.9. The molecule has 1 aliphatic rings. The van der Waals surface area contributed by atoms with Gasteiger partial charge in [-0.15, -0.1) is 0 Å². The van der Waals surface area contributed by atoms with Gasteiger partial charge in [-0.2, -0.15) is 0 Å². The molecule has 1 fully saturated rings. The van der Waals surface area contributed by atoms with Crippen molar-refractivity contribution in [2.45, 2.75) is 25.8 Å². The maximum absolute atomic E-state index is 12.9. The van der Waals surface area contributed by atoms with Crippen LogP contribution in [0.3, 0.4) is 0 Å². The van der Waals surface area contributed by atoms with E-state index in [0.717, 1.165) is 18.4 Å². The monoisotopic (exact) mass is 392 g/mol. The molecule has 150 valence electrons. The number of carbonyl (C=O) groups is 2. The van der Waals surface area contributed by atoms with Crippen LogP contribution in [0.2, 0.25) is 0 Å². The zero-order chi connectivity index (χ0) is 20.5. The SMILES string of the molecule is Cc1ccc(NC(=O)c2nc(C3CCCN3C(=O)N(C)C)n3ccccc23)nc1. The Balaban J connectivity index is 1.71. The van der Waals surface area contributed by atoms with Gasteiger partial charge in [0.1, 0.15) is 11.6 Å². The van der Waals surface area contributed by atoms with E-state index in [4.69, 9.17) is 0 Å². The van der Waals surface area contributed by atoms with Crippen molar-refractivity contribution < 1.29 is 9.59 Å². The van der Waals surface area contributed by atoms with E-state index < -0.39 is 0 Å². The van der Waals surface area contributed by atoms with Gasteiger partial charge in [0, 0.05) is 33.0 Å². The lowest BCUT2D eigenvalue weighted by atomic mass is 10.2. The Bertz CT molecular complexity index is 1060. The van der Waals surface area contributed by atoms with Gasteiger partial charge in [0.05, 0.1) is 11.6 Å². The molecule has 4 heterocycles. The number of fused-ring (bicyclic) bond motifs is 1. The van der Waals surface area contributed by atoms with Crippen molar-refractivity contribution in [3.05, 3.63) is 59.8 Å². The fourth-order valence-corrected chi connectivity index (χ4v) is 3.70. The number of rotatable bonds is 3. The van der Waals surface area contributed by atoms with E-state index >= 15 is 0 Å². The van der Waals surface area contributed by atoms with Crippen LogP contribution in [0.1, 0.15) is 40.8 Å². The molecular weight excluding hydrogens is 368 g/mol. The maximum Gasteiger partial charge on any atom is 0.320 e. The third-order valence-electron chi connectivity index (χ3n) is 5.12. The number of urea groups is 1. The van der Waals surface area contributed by atoms with Crippen molar-refractivity contribution >= 4 is 23.3 Å². The molecule has 29 heavy (non-hydrogen) atoms. The molecular formula is C21H24N6O2. The highest BCUT2D eigenvalue weighted by molar-refractivity contribution is 6.07. The lowest BCUT2D eigenvalue weighted by molar-refractivity contribution is 0.102. The van der Waals surface area contributed by atoms with Crippen molar-refractivity contribution in [3.63, 3.8) is 0 Å². The molecule has 0 bridgehead atoms. The minimum Gasteiger partial charge on any atom is -0.331 e. The van der Waals surface area contributed by atoms with E-state index in [2.05, 4.69) is 15.3 Å². The lowest BCUT2D eigenvalue weighted by Gasteiger charge is -2.27. The zero-order valence-electron chi connectivity index (χ0n) is 16.8. The van der Waals surface area contributed by atoms with Crippen molar-refractivity contribution in [3.8, 4) is 0 Å². The Hall–Kier alpha value is -3.42. The van der Waals surface area contributed by atoms with Crippen LogP contribution in [0.25, 0.3) is 5.52 Å². The number of nitrogens with one attached hydrogen (secondary N) is 1. The van der Waals surface area contributed by atoms with Crippen LogP contribution in [0.5, 0.6) is 0 Å². The third kappa shape index (κ3) is 3.53. The number of carbonyl (C=O) groups excluding carboxylic acids is 2. The van der Waals surface area contributed by atoms with Gasteiger partial charge in [-0.25, -0.2) is 14.8 Å². The molecule has 1 atom stereocenters. The fraction of sp³-hybridized carbons (Fsp3) is 0.333. The van der Waals surface area contributed by atoms with Crippen LogP contribution in [0.15, 0.2) is 42.7 Å². The first-order valence-corrected chi connectivity index (χ1v) is 9.64. The highest BCUT2D eigenvalue weighted by atomic mass is 16.2. The van der Waals surface area contributed by atoms with Crippen LogP contribution < -0.4 is 5.32 Å².